The third kappa shape index (κ3) is 4.53. The van der Waals surface area contributed by atoms with Crippen LogP contribution in [-0.4, -0.2) is 22.5 Å². The Morgan fingerprint density at radius 1 is 1.03 bits per heavy atom. The molecule has 0 aliphatic carbocycles. The van der Waals surface area contributed by atoms with Crippen molar-refractivity contribution in [3.63, 3.8) is 0 Å². The molecule has 6 heteroatoms. The Kier molecular flexibility index (Phi) is 5.79. The quantitative estimate of drug-likeness (QED) is 0.667. The van der Waals surface area contributed by atoms with Crippen LogP contribution in [0.2, 0.25) is 0 Å². The molecule has 3 aromatic rings. The van der Waals surface area contributed by atoms with Gasteiger partial charge in [-0.05, 0) is 75.4 Å². The van der Waals surface area contributed by atoms with Crippen LogP contribution in [-0.2, 0) is 9.53 Å². The van der Waals surface area contributed by atoms with Crippen molar-refractivity contribution in [3.8, 4) is 11.8 Å². The maximum absolute atomic E-state index is 12.4. The molecule has 0 aliphatic rings. The molecule has 2 aromatic carbocycles. The van der Waals surface area contributed by atoms with Gasteiger partial charge >= 0.3 is 5.97 Å². The third-order valence-electron chi connectivity index (χ3n) is 4.54. The highest BCUT2D eigenvalue weighted by atomic mass is 16.5. The first-order chi connectivity index (χ1) is 13.9. The standard InChI is InChI=1S/C23H21N3O3/c1-15-7-8-16(2)26(15)21-11-9-19(10-12-21)23(28)29-17(3)22(27)25-20-6-4-5-18(13-20)14-24/h4-13,17H,1-3H3,(H,25,27). The second-order valence-electron chi connectivity index (χ2n) is 6.73. The molecule has 0 saturated heterocycles. The van der Waals surface area contributed by atoms with Crippen LogP contribution in [0.5, 0.6) is 0 Å². The number of carbonyl (C=O) groups is 2. The number of anilines is 1. The molecule has 0 spiro atoms. The normalized spacial score (nSPS) is 11.4. The van der Waals surface area contributed by atoms with Gasteiger partial charge in [-0.1, -0.05) is 6.07 Å². The van der Waals surface area contributed by atoms with Gasteiger partial charge in [-0.15, -0.1) is 0 Å². The molecule has 6 nitrogen and oxygen atoms in total. The number of carbonyl (C=O) groups excluding carboxylic acids is 2. The SMILES string of the molecule is Cc1ccc(C)n1-c1ccc(C(=O)OC(C)C(=O)Nc2cccc(C#N)c2)cc1. The summed E-state index contributed by atoms with van der Waals surface area (Å²) >= 11 is 0. The molecular weight excluding hydrogens is 366 g/mol. The number of nitrogens with one attached hydrogen (secondary N) is 1. The molecule has 146 valence electrons. The van der Waals surface area contributed by atoms with Gasteiger partial charge < -0.3 is 14.6 Å². The van der Waals surface area contributed by atoms with E-state index < -0.39 is 18.0 Å². The second-order valence-corrected chi connectivity index (χ2v) is 6.73. The van der Waals surface area contributed by atoms with E-state index in [4.69, 9.17) is 10.00 Å². The van der Waals surface area contributed by atoms with Crippen molar-refractivity contribution in [2.45, 2.75) is 26.9 Å². The molecule has 0 fully saturated rings. The fourth-order valence-electron chi connectivity index (χ4n) is 3.01. The minimum Gasteiger partial charge on any atom is -0.449 e. The Balaban J connectivity index is 1.64. The Hall–Kier alpha value is -3.85. The van der Waals surface area contributed by atoms with Crippen molar-refractivity contribution in [1.29, 1.82) is 5.26 Å². The molecule has 1 N–H and O–H groups in total. The molecular formula is C23H21N3O3. The molecule has 1 unspecified atom stereocenters. The number of amides is 1. The number of benzene rings is 2. The zero-order valence-corrected chi connectivity index (χ0v) is 16.5. The number of aryl methyl sites for hydroxylation is 2. The van der Waals surface area contributed by atoms with Gasteiger partial charge in [0.05, 0.1) is 17.2 Å². The molecule has 29 heavy (non-hydrogen) atoms. The molecule has 1 amide bonds. The first-order valence-electron chi connectivity index (χ1n) is 9.16. The van der Waals surface area contributed by atoms with Gasteiger partial charge in [-0.2, -0.15) is 5.26 Å². The van der Waals surface area contributed by atoms with E-state index in [1.54, 1.807) is 36.4 Å². The van der Waals surface area contributed by atoms with Crippen LogP contribution >= 0.6 is 0 Å². The zero-order chi connectivity index (χ0) is 21.0. The summed E-state index contributed by atoms with van der Waals surface area (Å²) in [5, 5.41) is 11.6. The predicted octanol–water partition coefficient (Wildman–Crippen LogP) is 4.15. The Bertz CT molecular complexity index is 1070. The van der Waals surface area contributed by atoms with Crippen molar-refractivity contribution in [2.24, 2.45) is 0 Å². The van der Waals surface area contributed by atoms with Crippen LogP contribution < -0.4 is 5.32 Å². The maximum Gasteiger partial charge on any atom is 0.338 e. The van der Waals surface area contributed by atoms with Crippen LogP contribution in [0.4, 0.5) is 5.69 Å². The fraction of sp³-hybridized carbons (Fsp3) is 0.174. The van der Waals surface area contributed by atoms with Gasteiger partial charge in [0.25, 0.3) is 5.91 Å². The molecule has 3 rings (SSSR count). The fourth-order valence-corrected chi connectivity index (χ4v) is 3.01. The Morgan fingerprint density at radius 3 is 2.31 bits per heavy atom. The zero-order valence-electron chi connectivity index (χ0n) is 16.5. The van der Waals surface area contributed by atoms with Gasteiger partial charge in [-0.25, -0.2) is 4.79 Å². The molecule has 0 bridgehead atoms. The summed E-state index contributed by atoms with van der Waals surface area (Å²) in [6.07, 6.45) is -0.984. The third-order valence-corrected chi connectivity index (χ3v) is 4.54. The first kappa shape index (κ1) is 19.9. The van der Waals surface area contributed by atoms with E-state index in [0.29, 0.717) is 16.8 Å². The summed E-state index contributed by atoms with van der Waals surface area (Å²) in [7, 11) is 0. The van der Waals surface area contributed by atoms with Crippen molar-refractivity contribution in [2.75, 3.05) is 5.32 Å². The second kappa shape index (κ2) is 8.44. The van der Waals surface area contributed by atoms with E-state index in [2.05, 4.69) is 9.88 Å². The predicted molar refractivity (Wildman–Crippen MR) is 110 cm³/mol. The molecule has 0 aliphatic heterocycles. The van der Waals surface area contributed by atoms with E-state index in [-0.39, 0.29) is 0 Å². The number of nitriles is 1. The Morgan fingerprint density at radius 2 is 1.69 bits per heavy atom. The van der Waals surface area contributed by atoms with Gasteiger partial charge in [0, 0.05) is 22.8 Å². The van der Waals surface area contributed by atoms with Gasteiger partial charge in [0.15, 0.2) is 6.10 Å². The average molecular weight is 387 g/mol. The van der Waals surface area contributed by atoms with Gasteiger partial charge in [0.1, 0.15) is 0 Å². The minimum absolute atomic E-state index is 0.363. The number of hydrogen-bond acceptors (Lipinski definition) is 4. The lowest BCUT2D eigenvalue weighted by Crippen LogP contribution is -2.30. The highest BCUT2D eigenvalue weighted by molar-refractivity contribution is 5.97. The summed E-state index contributed by atoms with van der Waals surface area (Å²) in [5.74, 6) is -1.05. The van der Waals surface area contributed by atoms with E-state index in [1.807, 2.05) is 44.2 Å². The van der Waals surface area contributed by atoms with E-state index >= 15 is 0 Å². The lowest BCUT2D eigenvalue weighted by Gasteiger charge is -2.14. The number of aromatic nitrogens is 1. The number of esters is 1. The van der Waals surface area contributed by atoms with Crippen LogP contribution in [0.25, 0.3) is 5.69 Å². The molecule has 1 atom stereocenters. The van der Waals surface area contributed by atoms with Crippen LogP contribution in [0, 0.1) is 25.2 Å². The number of ether oxygens (including phenoxy) is 1. The minimum atomic E-state index is -0.984. The Labute approximate surface area is 169 Å². The van der Waals surface area contributed by atoms with E-state index in [0.717, 1.165) is 17.1 Å². The highest BCUT2D eigenvalue weighted by Crippen LogP contribution is 2.18. The molecule has 0 saturated carbocycles. The largest absolute Gasteiger partial charge is 0.449 e. The number of hydrogen-bond donors (Lipinski definition) is 1. The average Bonchev–Trinajstić information content (AvgIpc) is 3.06. The van der Waals surface area contributed by atoms with Crippen molar-refractivity contribution in [3.05, 3.63) is 83.2 Å². The van der Waals surface area contributed by atoms with Gasteiger partial charge in [0.2, 0.25) is 0 Å². The maximum atomic E-state index is 12.4. The number of rotatable bonds is 5. The summed E-state index contributed by atoms with van der Waals surface area (Å²) in [6, 6.07) is 19.6. The van der Waals surface area contributed by atoms with Crippen molar-refractivity contribution in [1.82, 2.24) is 4.57 Å². The lowest BCUT2D eigenvalue weighted by atomic mass is 10.2. The summed E-state index contributed by atoms with van der Waals surface area (Å²) in [6.45, 7) is 5.53. The van der Waals surface area contributed by atoms with Crippen molar-refractivity contribution < 1.29 is 14.3 Å². The highest BCUT2D eigenvalue weighted by Gasteiger charge is 2.19. The van der Waals surface area contributed by atoms with Crippen LogP contribution in [0.1, 0.15) is 34.2 Å². The monoisotopic (exact) mass is 387 g/mol. The smallest absolute Gasteiger partial charge is 0.338 e. The first-order valence-corrected chi connectivity index (χ1v) is 9.16. The van der Waals surface area contributed by atoms with E-state index in [9.17, 15) is 9.59 Å². The lowest BCUT2D eigenvalue weighted by molar-refractivity contribution is -0.123. The molecule has 1 heterocycles. The molecule has 0 radical (unpaired) electrons. The topological polar surface area (TPSA) is 84.1 Å². The van der Waals surface area contributed by atoms with E-state index in [1.165, 1.54) is 6.92 Å². The molecule has 1 aromatic heterocycles. The summed E-state index contributed by atoms with van der Waals surface area (Å²) in [5.41, 5.74) is 4.42. The summed E-state index contributed by atoms with van der Waals surface area (Å²) < 4.78 is 7.37. The van der Waals surface area contributed by atoms with Crippen molar-refractivity contribution >= 4 is 17.6 Å². The summed E-state index contributed by atoms with van der Waals surface area (Å²) in [4.78, 5) is 24.7. The van der Waals surface area contributed by atoms with Gasteiger partial charge in [-0.3, -0.25) is 4.79 Å². The van der Waals surface area contributed by atoms with Crippen LogP contribution in [0.3, 0.4) is 0 Å². The number of nitrogens with zero attached hydrogens (tertiary/aromatic N) is 2. The van der Waals surface area contributed by atoms with Crippen LogP contribution in [0.15, 0.2) is 60.7 Å².